The molecule has 1 saturated heterocycles. The number of piperidine rings is 1. The van der Waals surface area contributed by atoms with E-state index in [4.69, 9.17) is 4.42 Å². The van der Waals surface area contributed by atoms with Crippen LogP contribution in [0.1, 0.15) is 37.7 Å². The number of likely N-dealkylation sites (tertiary alicyclic amines) is 1. The third-order valence-electron chi connectivity index (χ3n) is 6.00. The molecule has 2 aromatic carbocycles. The average Bonchev–Trinajstić information content (AvgIpc) is 3.08. The van der Waals surface area contributed by atoms with Gasteiger partial charge in [-0.2, -0.15) is 0 Å². The molecular formula is C24H28N2O3. The Hall–Kier alpha value is -2.82. The van der Waals surface area contributed by atoms with Crippen LogP contribution in [-0.4, -0.2) is 28.5 Å². The fraction of sp³-hybridized carbons (Fsp3) is 0.417. The van der Waals surface area contributed by atoms with Crippen molar-refractivity contribution in [2.75, 3.05) is 13.1 Å². The van der Waals surface area contributed by atoms with Crippen LogP contribution in [0.2, 0.25) is 0 Å². The molecule has 4 rings (SSSR count). The SMILES string of the molecule is O=C(CCCn1c(=O)oc2ccccc21)N1CCC(CCc2ccccc2)CC1. The van der Waals surface area contributed by atoms with Crippen LogP contribution in [0.25, 0.3) is 11.1 Å². The van der Waals surface area contributed by atoms with E-state index in [9.17, 15) is 9.59 Å². The van der Waals surface area contributed by atoms with E-state index in [0.29, 0.717) is 30.9 Å². The topological polar surface area (TPSA) is 55.5 Å². The molecule has 3 aromatic rings. The Kier molecular flexibility index (Phi) is 6.13. The Labute approximate surface area is 170 Å². The highest BCUT2D eigenvalue weighted by Gasteiger charge is 2.22. The average molecular weight is 392 g/mol. The lowest BCUT2D eigenvalue weighted by molar-refractivity contribution is -0.132. The smallest absolute Gasteiger partial charge is 0.408 e. The summed E-state index contributed by atoms with van der Waals surface area (Å²) in [5.41, 5.74) is 2.79. The number of benzene rings is 2. The zero-order valence-electron chi connectivity index (χ0n) is 16.8. The second-order valence-electron chi connectivity index (χ2n) is 7.94. The quantitative estimate of drug-likeness (QED) is 0.604. The normalized spacial score (nSPS) is 15.1. The molecule has 1 aliphatic rings. The molecule has 0 saturated carbocycles. The monoisotopic (exact) mass is 392 g/mol. The number of para-hydroxylation sites is 2. The number of hydrogen-bond acceptors (Lipinski definition) is 3. The minimum Gasteiger partial charge on any atom is -0.408 e. The van der Waals surface area contributed by atoms with Gasteiger partial charge >= 0.3 is 5.76 Å². The molecule has 0 atom stereocenters. The first kappa shape index (κ1) is 19.5. The van der Waals surface area contributed by atoms with Crippen molar-refractivity contribution < 1.29 is 9.21 Å². The lowest BCUT2D eigenvalue weighted by atomic mass is 9.90. The first-order chi connectivity index (χ1) is 14.2. The van der Waals surface area contributed by atoms with Gasteiger partial charge in [-0.05, 0) is 55.7 Å². The fourth-order valence-electron chi connectivity index (χ4n) is 4.26. The molecule has 29 heavy (non-hydrogen) atoms. The van der Waals surface area contributed by atoms with Gasteiger partial charge in [0.1, 0.15) is 0 Å². The molecule has 0 bridgehead atoms. The van der Waals surface area contributed by atoms with Crippen molar-refractivity contribution in [2.24, 2.45) is 5.92 Å². The second-order valence-corrected chi connectivity index (χ2v) is 7.94. The number of fused-ring (bicyclic) bond motifs is 1. The van der Waals surface area contributed by atoms with Crippen molar-refractivity contribution >= 4 is 17.0 Å². The molecule has 5 nitrogen and oxygen atoms in total. The number of aryl methyl sites for hydroxylation is 2. The van der Waals surface area contributed by atoms with Crippen molar-refractivity contribution in [3.8, 4) is 0 Å². The van der Waals surface area contributed by atoms with Gasteiger partial charge in [0.15, 0.2) is 5.58 Å². The molecule has 1 amide bonds. The fourth-order valence-corrected chi connectivity index (χ4v) is 4.26. The number of hydrogen-bond donors (Lipinski definition) is 0. The van der Waals surface area contributed by atoms with Crippen LogP contribution in [0.3, 0.4) is 0 Å². The van der Waals surface area contributed by atoms with Gasteiger partial charge in [0.05, 0.1) is 5.52 Å². The molecule has 0 spiro atoms. The molecule has 0 aliphatic carbocycles. The van der Waals surface area contributed by atoms with Crippen LogP contribution in [0.15, 0.2) is 63.8 Å². The number of nitrogens with zero attached hydrogens (tertiary/aromatic N) is 2. The number of rotatable bonds is 7. The van der Waals surface area contributed by atoms with E-state index in [1.165, 1.54) is 12.0 Å². The van der Waals surface area contributed by atoms with Gasteiger partial charge < -0.3 is 9.32 Å². The minimum absolute atomic E-state index is 0.201. The summed E-state index contributed by atoms with van der Waals surface area (Å²) >= 11 is 0. The Morgan fingerprint density at radius 2 is 1.72 bits per heavy atom. The van der Waals surface area contributed by atoms with Crippen molar-refractivity contribution in [3.63, 3.8) is 0 Å². The third kappa shape index (κ3) is 4.78. The van der Waals surface area contributed by atoms with Gasteiger partial charge in [-0.15, -0.1) is 0 Å². The molecule has 0 N–H and O–H groups in total. The summed E-state index contributed by atoms with van der Waals surface area (Å²) in [6, 6.07) is 18.0. The maximum atomic E-state index is 12.6. The van der Waals surface area contributed by atoms with E-state index in [-0.39, 0.29) is 11.7 Å². The summed E-state index contributed by atoms with van der Waals surface area (Å²) in [5, 5.41) is 0. The number of carbonyl (C=O) groups is 1. The van der Waals surface area contributed by atoms with Crippen LogP contribution in [0.4, 0.5) is 0 Å². The van der Waals surface area contributed by atoms with E-state index >= 15 is 0 Å². The highest BCUT2D eigenvalue weighted by molar-refractivity contribution is 5.76. The molecule has 2 heterocycles. The van der Waals surface area contributed by atoms with E-state index in [1.54, 1.807) is 10.6 Å². The third-order valence-corrected chi connectivity index (χ3v) is 6.00. The summed E-state index contributed by atoms with van der Waals surface area (Å²) < 4.78 is 6.88. The second kappa shape index (κ2) is 9.12. The molecule has 1 aliphatic heterocycles. The van der Waals surface area contributed by atoms with Gasteiger partial charge in [0, 0.05) is 26.1 Å². The largest absolute Gasteiger partial charge is 0.419 e. The lowest BCUT2D eigenvalue weighted by Gasteiger charge is -2.32. The first-order valence-corrected chi connectivity index (χ1v) is 10.6. The predicted molar refractivity (Wildman–Crippen MR) is 114 cm³/mol. The summed E-state index contributed by atoms with van der Waals surface area (Å²) in [6.45, 7) is 2.22. The molecule has 152 valence electrons. The van der Waals surface area contributed by atoms with E-state index in [1.807, 2.05) is 23.1 Å². The Morgan fingerprint density at radius 1 is 1.00 bits per heavy atom. The molecule has 1 aromatic heterocycles. The van der Waals surface area contributed by atoms with E-state index in [2.05, 4.69) is 30.3 Å². The number of oxazole rings is 1. The van der Waals surface area contributed by atoms with E-state index in [0.717, 1.165) is 37.9 Å². The number of amides is 1. The van der Waals surface area contributed by atoms with Crippen molar-refractivity contribution in [3.05, 3.63) is 70.7 Å². The molecule has 1 fully saturated rings. The van der Waals surface area contributed by atoms with Crippen LogP contribution in [0, 0.1) is 5.92 Å². The summed E-state index contributed by atoms with van der Waals surface area (Å²) in [7, 11) is 0. The van der Waals surface area contributed by atoms with Crippen LogP contribution >= 0.6 is 0 Å². The highest BCUT2D eigenvalue weighted by Crippen LogP contribution is 2.23. The van der Waals surface area contributed by atoms with Gasteiger partial charge in [0.2, 0.25) is 5.91 Å². The van der Waals surface area contributed by atoms with Crippen molar-refractivity contribution in [1.29, 1.82) is 0 Å². The van der Waals surface area contributed by atoms with Crippen molar-refractivity contribution in [1.82, 2.24) is 9.47 Å². The molecule has 0 unspecified atom stereocenters. The number of carbonyl (C=O) groups excluding carboxylic acids is 1. The maximum Gasteiger partial charge on any atom is 0.419 e. The van der Waals surface area contributed by atoms with Gasteiger partial charge in [0.25, 0.3) is 0 Å². The van der Waals surface area contributed by atoms with Gasteiger partial charge in [-0.25, -0.2) is 4.79 Å². The molecule has 0 radical (unpaired) electrons. The van der Waals surface area contributed by atoms with Gasteiger partial charge in [-0.1, -0.05) is 42.5 Å². The minimum atomic E-state index is -0.349. The van der Waals surface area contributed by atoms with Crippen molar-refractivity contribution in [2.45, 2.75) is 45.1 Å². The zero-order valence-corrected chi connectivity index (χ0v) is 16.8. The standard InChI is InChI=1S/C24H28N2O3/c27-23(11-6-16-26-21-9-4-5-10-22(21)29-24(26)28)25-17-14-20(15-18-25)13-12-19-7-2-1-3-8-19/h1-5,7-10,20H,6,11-18H2. The van der Waals surface area contributed by atoms with Crippen LogP contribution in [0.5, 0.6) is 0 Å². The summed E-state index contributed by atoms with van der Waals surface area (Å²) in [6.07, 6.45) is 5.61. The molecule has 5 heteroatoms. The predicted octanol–water partition coefficient (Wildman–Crippen LogP) is 4.25. The highest BCUT2D eigenvalue weighted by atomic mass is 16.4. The Bertz CT molecular complexity index is 998. The van der Waals surface area contributed by atoms with Gasteiger partial charge in [-0.3, -0.25) is 9.36 Å². The van der Waals surface area contributed by atoms with Crippen LogP contribution < -0.4 is 5.76 Å². The zero-order chi connectivity index (χ0) is 20.1. The summed E-state index contributed by atoms with van der Waals surface area (Å²) in [5.74, 6) is 0.556. The molecular weight excluding hydrogens is 364 g/mol. The Balaban J connectivity index is 1.21. The Morgan fingerprint density at radius 3 is 2.52 bits per heavy atom. The summed E-state index contributed by atoms with van der Waals surface area (Å²) in [4.78, 5) is 26.6. The number of aromatic nitrogens is 1. The van der Waals surface area contributed by atoms with Crippen LogP contribution in [-0.2, 0) is 17.8 Å². The maximum absolute atomic E-state index is 12.6. The first-order valence-electron chi connectivity index (χ1n) is 10.6. The lowest BCUT2D eigenvalue weighted by Crippen LogP contribution is -2.38. The van der Waals surface area contributed by atoms with E-state index < -0.39 is 0 Å².